The van der Waals surface area contributed by atoms with Crippen LogP contribution in [-0.4, -0.2) is 33.6 Å². The van der Waals surface area contributed by atoms with E-state index < -0.39 is 29.7 Å². The Hall–Kier alpha value is -3.03. The molecule has 1 N–H and O–H groups in total. The van der Waals surface area contributed by atoms with Gasteiger partial charge in [-0.05, 0) is 11.6 Å². The minimum Gasteiger partial charge on any atom is -0.549 e. The summed E-state index contributed by atoms with van der Waals surface area (Å²) in [5, 5.41) is 34.3. The zero-order valence-corrected chi connectivity index (χ0v) is 10.4. The number of nitrogens with zero attached hydrogens (tertiary/aromatic N) is 1. The maximum Gasteiger partial charge on any atom is 0.276 e. The summed E-state index contributed by atoms with van der Waals surface area (Å²) in [6.07, 6.45) is -0.286. The van der Waals surface area contributed by atoms with Gasteiger partial charge in [-0.25, -0.2) is 0 Å². The lowest BCUT2D eigenvalue weighted by atomic mass is 9.89. The molecule has 21 heavy (non-hydrogen) atoms. The Morgan fingerprint density at radius 2 is 1.95 bits per heavy atom. The van der Waals surface area contributed by atoms with Gasteiger partial charge in [0, 0.05) is 22.0 Å². The molecule has 0 saturated heterocycles. The number of aromatic amines is 1. The minimum atomic E-state index is -1.79. The Balaban J connectivity index is 2.20. The third kappa shape index (κ3) is 1.88. The van der Waals surface area contributed by atoms with Crippen molar-refractivity contribution in [2.24, 2.45) is 0 Å². The van der Waals surface area contributed by atoms with Crippen molar-refractivity contribution in [3.63, 3.8) is 0 Å². The lowest BCUT2D eigenvalue weighted by molar-refractivity contribution is -0.738. The number of aromatic nitrogens is 1. The van der Waals surface area contributed by atoms with Crippen LogP contribution in [0, 0.1) is 5.21 Å². The molecule has 1 aromatic carbocycles. The van der Waals surface area contributed by atoms with Gasteiger partial charge in [0.2, 0.25) is 0 Å². The Labute approximate surface area is 117 Å². The topological polar surface area (TPSA) is 131 Å². The van der Waals surface area contributed by atoms with Crippen molar-refractivity contribution in [1.29, 1.82) is 0 Å². The van der Waals surface area contributed by atoms with Gasteiger partial charge in [-0.1, -0.05) is 18.2 Å². The number of aliphatic carboxylic acids is 2. The van der Waals surface area contributed by atoms with E-state index in [9.17, 15) is 25.0 Å². The lowest BCUT2D eigenvalue weighted by Crippen LogP contribution is -2.43. The highest BCUT2D eigenvalue weighted by molar-refractivity contribution is 6.35. The van der Waals surface area contributed by atoms with Crippen LogP contribution in [0.15, 0.2) is 30.5 Å². The molecule has 0 bridgehead atoms. The third-order valence-electron chi connectivity index (χ3n) is 3.40. The van der Waals surface area contributed by atoms with Gasteiger partial charge in [0.25, 0.3) is 5.71 Å². The smallest absolute Gasteiger partial charge is 0.276 e. The standard InChI is InChI=1S/C13H10N2O6/c16-12(17)10-9(11(13(18)19)21-15(10)20)7-5-14-8-4-2-1-3-6(7)8/h1-5,9,11,14H,(H,16,17)(H,18,19)/p-2/t9-,11-/m1/s1. The molecule has 2 aromatic rings. The van der Waals surface area contributed by atoms with E-state index in [1.807, 2.05) is 0 Å². The number of para-hydroxylation sites is 1. The number of hydrogen-bond acceptors (Lipinski definition) is 6. The van der Waals surface area contributed by atoms with Gasteiger partial charge < -0.3 is 29.6 Å². The normalized spacial score (nSPS) is 21.5. The van der Waals surface area contributed by atoms with Crippen LogP contribution in [0.2, 0.25) is 0 Å². The molecule has 2 atom stereocenters. The molecule has 1 aliphatic heterocycles. The molecule has 0 radical (unpaired) electrons. The van der Waals surface area contributed by atoms with Crippen LogP contribution in [0.4, 0.5) is 0 Å². The summed E-state index contributed by atoms with van der Waals surface area (Å²) in [7, 11) is 0. The molecular weight excluding hydrogens is 280 g/mol. The van der Waals surface area contributed by atoms with Gasteiger partial charge in [-0.15, -0.1) is 0 Å². The number of carbonyl (C=O) groups excluding carboxylic acids is 2. The first-order valence-electron chi connectivity index (χ1n) is 6.00. The van der Waals surface area contributed by atoms with Gasteiger partial charge in [0.1, 0.15) is 18.0 Å². The minimum absolute atomic E-state index is 0.317. The Morgan fingerprint density at radius 3 is 2.62 bits per heavy atom. The van der Waals surface area contributed by atoms with Crippen LogP contribution in [0.5, 0.6) is 0 Å². The van der Waals surface area contributed by atoms with Crippen LogP contribution >= 0.6 is 0 Å². The van der Waals surface area contributed by atoms with Crippen molar-refractivity contribution in [2.45, 2.75) is 12.0 Å². The van der Waals surface area contributed by atoms with E-state index in [-0.39, 0.29) is 4.90 Å². The predicted molar refractivity (Wildman–Crippen MR) is 64.6 cm³/mol. The SMILES string of the molecule is O=C([O-])C1=[N+]([O-])O[C@@H](C(=O)[O-])[C@@H]1c1c[nH]c2ccccc12. The first-order valence-corrected chi connectivity index (χ1v) is 6.00. The number of H-pyrrole nitrogens is 1. The van der Waals surface area contributed by atoms with Crippen molar-refractivity contribution < 1.29 is 29.5 Å². The number of carboxylic acids is 2. The van der Waals surface area contributed by atoms with Crippen molar-refractivity contribution in [1.82, 2.24) is 4.98 Å². The van der Waals surface area contributed by atoms with Crippen LogP contribution in [-0.2, 0) is 14.4 Å². The summed E-state index contributed by atoms with van der Waals surface area (Å²) < 4.78 is 0. The summed E-state index contributed by atoms with van der Waals surface area (Å²) in [6, 6.07) is 6.87. The van der Waals surface area contributed by atoms with E-state index in [4.69, 9.17) is 0 Å². The average Bonchev–Trinajstić information content (AvgIpc) is 2.99. The van der Waals surface area contributed by atoms with Gasteiger partial charge in [0.05, 0.1) is 5.97 Å². The number of carbonyl (C=O) groups is 2. The highest BCUT2D eigenvalue weighted by atomic mass is 16.9. The number of rotatable bonds is 3. The quantitative estimate of drug-likeness (QED) is 0.651. The summed E-state index contributed by atoms with van der Waals surface area (Å²) in [5.41, 5.74) is 0.193. The van der Waals surface area contributed by atoms with E-state index in [0.717, 1.165) is 0 Å². The molecule has 1 aliphatic rings. The van der Waals surface area contributed by atoms with Crippen molar-refractivity contribution >= 4 is 28.6 Å². The van der Waals surface area contributed by atoms with Gasteiger partial charge in [-0.2, -0.15) is 0 Å². The van der Waals surface area contributed by atoms with Crippen molar-refractivity contribution in [2.75, 3.05) is 0 Å². The van der Waals surface area contributed by atoms with Gasteiger partial charge in [-0.3, -0.25) is 5.21 Å². The molecule has 8 nitrogen and oxygen atoms in total. The Morgan fingerprint density at radius 1 is 1.24 bits per heavy atom. The van der Waals surface area contributed by atoms with Gasteiger partial charge >= 0.3 is 0 Å². The fourth-order valence-corrected chi connectivity index (χ4v) is 2.52. The fraction of sp³-hybridized carbons (Fsp3) is 0.154. The molecule has 0 saturated carbocycles. The zero-order chi connectivity index (χ0) is 15.1. The number of nitrogens with one attached hydrogen (secondary N) is 1. The van der Waals surface area contributed by atoms with E-state index in [1.54, 1.807) is 24.3 Å². The number of carboxylic acid groups (broad SMARTS) is 2. The molecule has 8 heteroatoms. The number of benzene rings is 1. The molecule has 3 rings (SSSR count). The number of fused-ring (bicyclic) bond motifs is 1. The predicted octanol–water partition coefficient (Wildman–Crippen LogP) is -1.98. The molecule has 2 heterocycles. The van der Waals surface area contributed by atoms with Crippen LogP contribution < -0.4 is 10.2 Å². The second-order valence-corrected chi connectivity index (χ2v) is 4.54. The second-order valence-electron chi connectivity index (χ2n) is 4.54. The van der Waals surface area contributed by atoms with Crippen LogP contribution in [0.25, 0.3) is 10.9 Å². The largest absolute Gasteiger partial charge is 0.549 e. The van der Waals surface area contributed by atoms with Gasteiger partial charge in [0.15, 0.2) is 0 Å². The maximum atomic E-state index is 11.5. The first-order chi connectivity index (χ1) is 10.0. The summed E-state index contributed by atoms with van der Waals surface area (Å²) in [6.45, 7) is 0. The average molecular weight is 288 g/mol. The third-order valence-corrected chi connectivity index (χ3v) is 3.40. The molecule has 0 spiro atoms. The fourth-order valence-electron chi connectivity index (χ4n) is 2.52. The van der Waals surface area contributed by atoms with Crippen LogP contribution in [0.3, 0.4) is 0 Å². The molecule has 0 amide bonds. The highest BCUT2D eigenvalue weighted by Gasteiger charge is 2.43. The van der Waals surface area contributed by atoms with Crippen molar-refractivity contribution in [3.05, 3.63) is 41.2 Å². The summed E-state index contributed by atoms with van der Waals surface area (Å²) in [4.78, 5) is 29.3. The highest BCUT2D eigenvalue weighted by Crippen LogP contribution is 2.33. The van der Waals surface area contributed by atoms with E-state index in [1.165, 1.54) is 6.20 Å². The lowest BCUT2D eigenvalue weighted by Gasteiger charge is -2.19. The Bertz CT molecular complexity index is 778. The second kappa shape index (κ2) is 4.51. The Kier molecular flexibility index (Phi) is 2.79. The van der Waals surface area contributed by atoms with E-state index in [2.05, 4.69) is 9.82 Å². The molecule has 1 aromatic heterocycles. The molecule has 108 valence electrons. The first kappa shape index (κ1) is 13.0. The summed E-state index contributed by atoms with van der Waals surface area (Å²) >= 11 is 0. The molecular formula is C13H8N2O6-2. The van der Waals surface area contributed by atoms with Crippen LogP contribution in [0.1, 0.15) is 11.5 Å². The monoisotopic (exact) mass is 288 g/mol. The summed E-state index contributed by atoms with van der Waals surface area (Å²) in [5.74, 6) is -4.78. The molecule has 0 unspecified atom stereocenters. The molecule has 0 aliphatic carbocycles. The van der Waals surface area contributed by atoms with E-state index in [0.29, 0.717) is 16.5 Å². The zero-order valence-electron chi connectivity index (χ0n) is 10.4. The van der Waals surface area contributed by atoms with Crippen molar-refractivity contribution in [3.8, 4) is 0 Å². The maximum absolute atomic E-state index is 11.5. The number of hydrogen-bond donors (Lipinski definition) is 1. The molecule has 0 fully saturated rings. The van der Waals surface area contributed by atoms with E-state index >= 15 is 0 Å².